The number of rotatable bonds is 5. The van der Waals surface area contributed by atoms with Gasteiger partial charge in [0, 0.05) is 23.7 Å². The van der Waals surface area contributed by atoms with Gasteiger partial charge in [-0.15, -0.1) is 11.3 Å². The molecule has 1 aliphatic rings. The standard InChI is InChI=1S/C13H22N2OS2/c1-4-9(8-17-3)15(2)13-14-12-10(16)6-5-7-11(12)18-13/h9-10,16H,4-8H2,1-3H3. The topological polar surface area (TPSA) is 36.4 Å². The molecule has 2 unspecified atom stereocenters. The molecule has 2 rings (SSSR count). The van der Waals surface area contributed by atoms with Crippen LogP contribution >= 0.6 is 23.1 Å². The molecule has 0 bridgehead atoms. The molecular formula is C13H22N2OS2. The highest BCUT2D eigenvalue weighted by atomic mass is 32.2. The van der Waals surface area contributed by atoms with Gasteiger partial charge in [-0.3, -0.25) is 0 Å². The first-order valence-corrected chi connectivity index (χ1v) is 8.77. The van der Waals surface area contributed by atoms with Crippen molar-refractivity contribution in [2.75, 3.05) is 24.0 Å². The maximum absolute atomic E-state index is 9.98. The molecule has 0 spiro atoms. The van der Waals surface area contributed by atoms with Crippen LogP contribution in [0.5, 0.6) is 0 Å². The number of fused-ring (bicyclic) bond motifs is 1. The number of aliphatic hydroxyl groups excluding tert-OH is 1. The van der Waals surface area contributed by atoms with Crippen molar-refractivity contribution in [3.63, 3.8) is 0 Å². The lowest BCUT2D eigenvalue weighted by Gasteiger charge is -2.26. The summed E-state index contributed by atoms with van der Waals surface area (Å²) in [7, 11) is 2.13. The average molecular weight is 286 g/mol. The van der Waals surface area contributed by atoms with Crippen LogP contribution in [0.4, 0.5) is 5.13 Å². The monoisotopic (exact) mass is 286 g/mol. The predicted molar refractivity (Wildman–Crippen MR) is 80.9 cm³/mol. The van der Waals surface area contributed by atoms with Crippen LogP contribution in [0.1, 0.15) is 42.9 Å². The summed E-state index contributed by atoms with van der Waals surface area (Å²) in [6.45, 7) is 2.22. The molecule has 1 aliphatic carbocycles. The summed E-state index contributed by atoms with van der Waals surface area (Å²) in [5.41, 5.74) is 0.937. The molecule has 18 heavy (non-hydrogen) atoms. The quantitative estimate of drug-likeness (QED) is 0.902. The summed E-state index contributed by atoms with van der Waals surface area (Å²) in [6.07, 6.45) is 5.96. The predicted octanol–water partition coefficient (Wildman–Crippen LogP) is 3.09. The Balaban J connectivity index is 2.18. The zero-order valence-corrected chi connectivity index (χ0v) is 13.0. The molecule has 1 aromatic rings. The number of hydrogen-bond acceptors (Lipinski definition) is 5. The molecule has 1 N–H and O–H groups in total. The third-order valence-corrected chi connectivity index (χ3v) is 5.53. The van der Waals surface area contributed by atoms with Gasteiger partial charge in [-0.2, -0.15) is 11.8 Å². The lowest BCUT2D eigenvalue weighted by atomic mass is 10.0. The van der Waals surface area contributed by atoms with E-state index in [9.17, 15) is 5.11 Å². The summed E-state index contributed by atoms with van der Waals surface area (Å²) >= 11 is 3.64. The summed E-state index contributed by atoms with van der Waals surface area (Å²) in [5.74, 6) is 1.12. The third-order valence-electron chi connectivity index (χ3n) is 3.59. The zero-order valence-electron chi connectivity index (χ0n) is 11.3. The maximum Gasteiger partial charge on any atom is 0.185 e. The SMILES string of the molecule is CCC(CSC)N(C)c1nc2c(s1)CCCC2O. The van der Waals surface area contributed by atoms with Crippen molar-refractivity contribution < 1.29 is 5.11 Å². The number of anilines is 1. The van der Waals surface area contributed by atoms with Crippen LogP contribution in [0.2, 0.25) is 0 Å². The normalized spacial score (nSPS) is 20.6. The molecule has 0 radical (unpaired) electrons. The smallest absolute Gasteiger partial charge is 0.185 e. The summed E-state index contributed by atoms with van der Waals surface area (Å²) in [5, 5.41) is 11.0. The number of hydrogen-bond donors (Lipinski definition) is 1. The fourth-order valence-electron chi connectivity index (χ4n) is 2.39. The minimum atomic E-state index is -0.340. The third kappa shape index (κ3) is 2.83. The van der Waals surface area contributed by atoms with Crippen molar-refractivity contribution in [1.29, 1.82) is 0 Å². The minimum absolute atomic E-state index is 0.340. The van der Waals surface area contributed by atoms with Gasteiger partial charge in [0.15, 0.2) is 5.13 Å². The highest BCUT2D eigenvalue weighted by Crippen LogP contribution is 2.37. The molecule has 1 heterocycles. The fraction of sp³-hybridized carbons (Fsp3) is 0.769. The van der Waals surface area contributed by atoms with Crippen molar-refractivity contribution in [1.82, 2.24) is 4.98 Å². The highest BCUT2D eigenvalue weighted by molar-refractivity contribution is 7.98. The number of aromatic nitrogens is 1. The number of thioether (sulfide) groups is 1. The van der Waals surface area contributed by atoms with E-state index in [4.69, 9.17) is 0 Å². The Morgan fingerprint density at radius 3 is 3.00 bits per heavy atom. The van der Waals surface area contributed by atoms with Crippen LogP contribution in [0.25, 0.3) is 0 Å². The molecule has 102 valence electrons. The van der Waals surface area contributed by atoms with E-state index in [-0.39, 0.29) is 6.10 Å². The summed E-state index contributed by atoms with van der Waals surface area (Å²) in [4.78, 5) is 8.24. The molecule has 0 amide bonds. The Bertz CT molecular complexity index is 394. The molecule has 0 aliphatic heterocycles. The molecule has 3 nitrogen and oxygen atoms in total. The Kier molecular flexibility index (Phi) is 4.92. The van der Waals surface area contributed by atoms with E-state index in [1.54, 1.807) is 11.3 Å². The number of aliphatic hydroxyl groups is 1. The van der Waals surface area contributed by atoms with Crippen molar-refractivity contribution in [3.8, 4) is 0 Å². The maximum atomic E-state index is 9.98. The Morgan fingerprint density at radius 2 is 2.39 bits per heavy atom. The Morgan fingerprint density at radius 1 is 1.61 bits per heavy atom. The summed E-state index contributed by atoms with van der Waals surface area (Å²) in [6, 6.07) is 0.532. The van der Waals surface area contributed by atoms with E-state index in [1.807, 2.05) is 11.8 Å². The van der Waals surface area contributed by atoms with Crippen LogP contribution < -0.4 is 4.90 Å². The van der Waals surface area contributed by atoms with Crippen LogP contribution in [-0.4, -0.2) is 35.2 Å². The zero-order chi connectivity index (χ0) is 13.1. The van der Waals surface area contributed by atoms with E-state index < -0.39 is 0 Å². The minimum Gasteiger partial charge on any atom is -0.387 e. The van der Waals surface area contributed by atoms with Crippen LogP contribution in [0, 0.1) is 0 Å². The van der Waals surface area contributed by atoms with Gasteiger partial charge in [-0.1, -0.05) is 6.92 Å². The van der Waals surface area contributed by atoms with Crippen molar-refractivity contribution in [2.45, 2.75) is 44.8 Å². The molecular weight excluding hydrogens is 264 g/mol. The second-order valence-electron chi connectivity index (χ2n) is 4.84. The van der Waals surface area contributed by atoms with Crippen molar-refractivity contribution in [3.05, 3.63) is 10.6 Å². The molecule has 1 aromatic heterocycles. The second kappa shape index (κ2) is 6.26. The van der Waals surface area contributed by atoms with Gasteiger partial charge < -0.3 is 10.0 Å². The summed E-state index contributed by atoms with van der Waals surface area (Å²) < 4.78 is 0. The van der Waals surface area contributed by atoms with E-state index in [0.29, 0.717) is 6.04 Å². The first kappa shape index (κ1) is 14.2. The molecule has 0 saturated heterocycles. The number of aryl methyl sites for hydroxylation is 1. The van der Waals surface area contributed by atoms with E-state index in [1.165, 1.54) is 4.88 Å². The molecule has 5 heteroatoms. The average Bonchev–Trinajstić information content (AvgIpc) is 2.80. The molecule has 0 fully saturated rings. The highest BCUT2D eigenvalue weighted by Gasteiger charge is 2.25. The van der Waals surface area contributed by atoms with Gasteiger partial charge >= 0.3 is 0 Å². The Hall–Kier alpha value is -0.260. The van der Waals surface area contributed by atoms with Gasteiger partial charge in [0.25, 0.3) is 0 Å². The lowest BCUT2D eigenvalue weighted by Crippen LogP contribution is -2.33. The molecule has 2 atom stereocenters. The van der Waals surface area contributed by atoms with E-state index >= 15 is 0 Å². The first-order valence-electron chi connectivity index (χ1n) is 6.56. The van der Waals surface area contributed by atoms with Crippen LogP contribution in [-0.2, 0) is 6.42 Å². The van der Waals surface area contributed by atoms with Gasteiger partial charge in [-0.05, 0) is 31.9 Å². The molecule has 0 saturated carbocycles. The van der Waals surface area contributed by atoms with Crippen molar-refractivity contribution in [2.24, 2.45) is 0 Å². The Labute approximate surface area is 118 Å². The van der Waals surface area contributed by atoms with Crippen molar-refractivity contribution >= 4 is 28.2 Å². The number of thiazole rings is 1. The van der Waals surface area contributed by atoms with Crippen LogP contribution in [0.15, 0.2) is 0 Å². The van der Waals surface area contributed by atoms with Gasteiger partial charge in [0.2, 0.25) is 0 Å². The van der Waals surface area contributed by atoms with Gasteiger partial charge in [0.1, 0.15) is 0 Å². The van der Waals surface area contributed by atoms with Gasteiger partial charge in [-0.25, -0.2) is 4.98 Å². The van der Waals surface area contributed by atoms with E-state index in [2.05, 4.69) is 30.1 Å². The van der Waals surface area contributed by atoms with Crippen LogP contribution in [0.3, 0.4) is 0 Å². The first-order chi connectivity index (χ1) is 8.67. The lowest BCUT2D eigenvalue weighted by molar-refractivity contribution is 0.153. The second-order valence-corrected chi connectivity index (χ2v) is 6.81. The largest absolute Gasteiger partial charge is 0.387 e. The van der Waals surface area contributed by atoms with E-state index in [0.717, 1.165) is 42.3 Å². The fourth-order valence-corrected chi connectivity index (χ4v) is 4.42. The van der Waals surface area contributed by atoms with Gasteiger partial charge in [0.05, 0.1) is 11.8 Å². The number of nitrogens with zero attached hydrogens (tertiary/aromatic N) is 2. The molecule has 0 aromatic carbocycles.